The Bertz CT molecular complexity index is 1110. The fourth-order valence-electron chi connectivity index (χ4n) is 6.96. The summed E-state index contributed by atoms with van der Waals surface area (Å²) in [6.45, 7) is 4.51. The molecule has 0 heterocycles. The number of aliphatic carboxylic acids is 1. The number of carboxylic acids is 1. The number of allylic oxidation sites excluding steroid dienone is 8. The number of carboxylic acid groups (broad SMARTS) is 1. The van der Waals surface area contributed by atoms with Gasteiger partial charge in [-0.05, 0) is 70.6 Å². The Morgan fingerprint density at radius 1 is 0.525 bits per heavy atom. The van der Waals surface area contributed by atoms with Crippen LogP contribution in [-0.4, -0.2) is 75.5 Å². The van der Waals surface area contributed by atoms with Crippen LogP contribution in [0, 0.1) is 0 Å². The molecule has 59 heavy (non-hydrogen) atoms. The number of carbonyl (C=O) groups excluding carboxylic acids is 3. The first-order valence-electron chi connectivity index (χ1n) is 24.2. The first-order chi connectivity index (χ1) is 28.6. The summed E-state index contributed by atoms with van der Waals surface area (Å²) in [5, 5.41) is 11.6. The predicted molar refractivity (Wildman–Crippen MR) is 245 cm³/mol. The largest absolute Gasteiger partial charge is 0.544 e. The predicted octanol–water partition coefficient (Wildman–Crippen LogP) is 12.3. The van der Waals surface area contributed by atoms with Gasteiger partial charge in [-0.2, -0.15) is 0 Å². The van der Waals surface area contributed by atoms with Crippen LogP contribution in [0.5, 0.6) is 0 Å². The number of hydrogen-bond acceptors (Lipinski definition) is 7. The Balaban J connectivity index is 4.24. The fourth-order valence-corrected chi connectivity index (χ4v) is 6.96. The van der Waals surface area contributed by atoms with Gasteiger partial charge in [-0.15, -0.1) is 0 Å². The molecule has 0 N–H and O–H groups in total. The van der Waals surface area contributed by atoms with E-state index in [0.717, 1.165) is 51.4 Å². The second-order valence-electron chi connectivity index (χ2n) is 17.3. The van der Waals surface area contributed by atoms with E-state index < -0.39 is 18.1 Å². The molecule has 0 rings (SSSR count). The highest BCUT2D eigenvalue weighted by Crippen LogP contribution is 2.15. The molecule has 0 spiro atoms. The van der Waals surface area contributed by atoms with Crippen molar-refractivity contribution >= 4 is 17.9 Å². The van der Waals surface area contributed by atoms with Crippen LogP contribution in [0.3, 0.4) is 0 Å². The van der Waals surface area contributed by atoms with Crippen LogP contribution in [0.25, 0.3) is 0 Å². The molecule has 0 aromatic carbocycles. The molecule has 0 saturated carbocycles. The zero-order chi connectivity index (χ0) is 43.5. The molecule has 0 saturated heterocycles. The molecule has 342 valence electrons. The average molecular weight is 830 g/mol. The number of hydrogen-bond donors (Lipinski definition) is 0. The molecule has 0 aromatic heterocycles. The van der Waals surface area contributed by atoms with Gasteiger partial charge < -0.3 is 28.6 Å². The number of carbonyl (C=O) groups is 3. The van der Waals surface area contributed by atoms with Crippen LogP contribution in [0.1, 0.15) is 206 Å². The van der Waals surface area contributed by atoms with Crippen LogP contribution < -0.4 is 5.11 Å². The minimum Gasteiger partial charge on any atom is -0.544 e. The highest BCUT2D eigenvalue weighted by molar-refractivity contribution is 5.70. The Kier molecular flexibility index (Phi) is 40.1. The smallest absolute Gasteiger partial charge is 0.306 e. The van der Waals surface area contributed by atoms with Gasteiger partial charge in [0, 0.05) is 19.3 Å². The van der Waals surface area contributed by atoms with Gasteiger partial charge in [0.25, 0.3) is 0 Å². The van der Waals surface area contributed by atoms with Crippen LogP contribution in [0.15, 0.2) is 48.6 Å². The maximum atomic E-state index is 12.7. The molecule has 0 fully saturated rings. The lowest BCUT2D eigenvalue weighted by molar-refractivity contribution is -0.889. The van der Waals surface area contributed by atoms with Crippen molar-refractivity contribution in [2.45, 2.75) is 219 Å². The lowest BCUT2D eigenvalue weighted by atomic mass is 10.0. The molecule has 8 heteroatoms. The molecular weight excluding hydrogens is 739 g/mol. The van der Waals surface area contributed by atoms with Crippen molar-refractivity contribution in [3.63, 3.8) is 0 Å². The molecule has 2 atom stereocenters. The third-order valence-electron chi connectivity index (χ3n) is 10.7. The molecule has 0 aliphatic heterocycles. The summed E-state index contributed by atoms with van der Waals surface area (Å²) >= 11 is 0. The van der Waals surface area contributed by atoms with Gasteiger partial charge in [0.1, 0.15) is 12.6 Å². The van der Waals surface area contributed by atoms with Crippen molar-refractivity contribution in [1.82, 2.24) is 0 Å². The lowest BCUT2D eigenvalue weighted by Gasteiger charge is -2.34. The first-order valence-corrected chi connectivity index (χ1v) is 24.2. The number of nitrogens with zero attached hydrogens (tertiary/aromatic N) is 1. The van der Waals surface area contributed by atoms with E-state index in [1.165, 1.54) is 116 Å². The second kappa shape index (κ2) is 42.0. The zero-order valence-electron chi connectivity index (χ0n) is 38.9. The number of rotatable bonds is 43. The van der Waals surface area contributed by atoms with Crippen molar-refractivity contribution in [1.29, 1.82) is 0 Å². The number of quaternary nitrogens is 1. The van der Waals surface area contributed by atoms with Crippen molar-refractivity contribution in [2.24, 2.45) is 0 Å². The molecular formula is C51H91NO7. The maximum Gasteiger partial charge on any atom is 0.306 e. The van der Waals surface area contributed by atoms with Crippen molar-refractivity contribution in [3.8, 4) is 0 Å². The summed E-state index contributed by atoms with van der Waals surface area (Å²) in [5.74, 6) is -1.79. The third-order valence-corrected chi connectivity index (χ3v) is 10.7. The summed E-state index contributed by atoms with van der Waals surface area (Å²) in [5.41, 5.74) is 0. The summed E-state index contributed by atoms with van der Waals surface area (Å²) < 4.78 is 17.1. The SMILES string of the molecule is CC/C=C/C/C=C/C/C=C/CCCCC(=O)OCC(COCCC(C(=O)[O-])[N+](C)(C)C)OC(=O)CCCCCCCCC/C=C/CCCCCCCCCCCCCC. The Morgan fingerprint density at radius 3 is 1.46 bits per heavy atom. The van der Waals surface area contributed by atoms with Crippen LogP contribution >= 0.6 is 0 Å². The van der Waals surface area contributed by atoms with Crippen LogP contribution in [0.2, 0.25) is 0 Å². The quantitative estimate of drug-likeness (QED) is 0.0261. The van der Waals surface area contributed by atoms with E-state index in [-0.39, 0.29) is 42.7 Å². The van der Waals surface area contributed by atoms with Crippen molar-refractivity contribution < 1.29 is 38.2 Å². The van der Waals surface area contributed by atoms with Gasteiger partial charge in [0.2, 0.25) is 0 Å². The first kappa shape index (κ1) is 56.3. The Labute approximate surface area is 363 Å². The highest BCUT2D eigenvalue weighted by atomic mass is 16.6. The van der Waals surface area contributed by atoms with Crippen molar-refractivity contribution in [2.75, 3.05) is 41.0 Å². The van der Waals surface area contributed by atoms with Crippen molar-refractivity contribution in [3.05, 3.63) is 48.6 Å². The van der Waals surface area contributed by atoms with E-state index in [1.54, 1.807) is 21.1 Å². The van der Waals surface area contributed by atoms with E-state index in [9.17, 15) is 19.5 Å². The number of unbranched alkanes of at least 4 members (excludes halogenated alkanes) is 21. The number of ether oxygens (including phenoxy) is 3. The topological polar surface area (TPSA) is 102 Å². The summed E-state index contributed by atoms with van der Waals surface area (Å²) in [6.07, 6.45) is 50.1. The molecule has 0 amide bonds. The van der Waals surface area contributed by atoms with E-state index in [1.807, 2.05) is 0 Å². The molecule has 0 radical (unpaired) electrons. The molecule has 0 bridgehead atoms. The van der Waals surface area contributed by atoms with Gasteiger partial charge in [-0.3, -0.25) is 9.59 Å². The number of esters is 2. The Hall–Kier alpha value is -2.71. The van der Waals surface area contributed by atoms with E-state index in [4.69, 9.17) is 14.2 Å². The molecule has 8 nitrogen and oxygen atoms in total. The standard InChI is InChI=1S/C51H91NO7/c1-6-8-10-12-14-16-18-20-21-22-23-24-25-26-27-28-29-30-32-34-36-38-40-42-50(54)59-47(45-57-44-43-48(51(55)56)52(3,4)5)46-58-49(53)41-39-37-35-33-31-19-17-15-13-11-9-7-2/h9,11,15,17,26-27,31,33,47-48H,6-8,10,12-14,16,18-25,28-30,32,34-46H2,1-5H3/b11-9+,17-15+,27-26+,33-31+. The van der Waals surface area contributed by atoms with E-state index >= 15 is 0 Å². The van der Waals surface area contributed by atoms with Gasteiger partial charge >= 0.3 is 11.9 Å². The van der Waals surface area contributed by atoms with Crippen LogP contribution in [0.4, 0.5) is 0 Å². The molecule has 0 aliphatic rings. The summed E-state index contributed by atoms with van der Waals surface area (Å²) in [4.78, 5) is 36.9. The zero-order valence-corrected chi connectivity index (χ0v) is 38.9. The fraction of sp³-hybridized carbons (Fsp3) is 0.784. The summed E-state index contributed by atoms with van der Waals surface area (Å²) in [6, 6.07) is -0.733. The van der Waals surface area contributed by atoms with Gasteiger partial charge in [-0.25, -0.2) is 0 Å². The highest BCUT2D eigenvalue weighted by Gasteiger charge is 2.25. The van der Waals surface area contributed by atoms with Crippen LogP contribution in [-0.2, 0) is 28.6 Å². The normalized spacial score (nSPS) is 13.3. The molecule has 2 unspecified atom stereocenters. The molecule has 0 aromatic rings. The third kappa shape index (κ3) is 40.5. The minimum absolute atomic E-state index is 0.0264. The van der Waals surface area contributed by atoms with Gasteiger partial charge in [0.05, 0.1) is 40.3 Å². The number of likely N-dealkylation sites (N-methyl/N-ethyl adjacent to an activating group) is 1. The Morgan fingerprint density at radius 2 is 0.949 bits per heavy atom. The average Bonchev–Trinajstić information content (AvgIpc) is 3.19. The van der Waals surface area contributed by atoms with Gasteiger partial charge in [-0.1, -0.05) is 165 Å². The minimum atomic E-state index is -1.13. The van der Waals surface area contributed by atoms with E-state index in [2.05, 4.69) is 62.5 Å². The second-order valence-corrected chi connectivity index (χ2v) is 17.3. The molecule has 0 aliphatic carbocycles. The van der Waals surface area contributed by atoms with Gasteiger partial charge in [0.15, 0.2) is 6.10 Å². The monoisotopic (exact) mass is 830 g/mol. The maximum absolute atomic E-state index is 12.7. The summed E-state index contributed by atoms with van der Waals surface area (Å²) in [7, 11) is 5.39. The lowest BCUT2D eigenvalue weighted by Crippen LogP contribution is -2.55. The van der Waals surface area contributed by atoms with E-state index in [0.29, 0.717) is 19.3 Å².